The summed E-state index contributed by atoms with van der Waals surface area (Å²) in [4.78, 5) is 13.4. The van der Waals surface area contributed by atoms with Gasteiger partial charge < -0.3 is 5.32 Å². The largest absolute Gasteiger partial charge is 0.367 e. The molecule has 4 rings (SSSR count). The lowest BCUT2D eigenvalue weighted by atomic mass is 9.84. The van der Waals surface area contributed by atoms with Crippen molar-refractivity contribution in [3.8, 4) is 17.6 Å². The summed E-state index contributed by atoms with van der Waals surface area (Å²) >= 11 is 0. The maximum Gasteiger partial charge on any atom is 0.180 e. The van der Waals surface area contributed by atoms with Crippen LogP contribution < -0.4 is 5.32 Å². The molecule has 0 unspecified atom stereocenters. The first-order chi connectivity index (χ1) is 13.1. The van der Waals surface area contributed by atoms with Crippen molar-refractivity contribution >= 4 is 11.5 Å². The number of fused-ring (bicyclic) bond motifs is 1. The van der Waals surface area contributed by atoms with E-state index in [1.54, 1.807) is 22.9 Å². The lowest BCUT2D eigenvalue weighted by molar-refractivity contribution is 0.342. The summed E-state index contributed by atoms with van der Waals surface area (Å²) in [6.07, 6.45) is 9.68. The number of aromatic nitrogens is 4. The molecule has 1 aliphatic rings. The van der Waals surface area contributed by atoms with E-state index in [4.69, 9.17) is 5.26 Å². The first-order valence-electron chi connectivity index (χ1n) is 9.24. The fraction of sp³-hybridized carbons (Fsp3) is 0.400. The van der Waals surface area contributed by atoms with Gasteiger partial charge in [-0.05, 0) is 50.7 Å². The Kier molecular flexibility index (Phi) is 4.71. The topological polar surface area (TPSA) is 78.9 Å². The number of aryl methyl sites for hydroxylation is 1. The van der Waals surface area contributed by atoms with E-state index < -0.39 is 0 Å². The van der Waals surface area contributed by atoms with Crippen LogP contribution in [0, 0.1) is 30.0 Å². The highest BCUT2D eigenvalue weighted by Gasteiger charge is 2.22. The van der Waals surface area contributed by atoms with Crippen LogP contribution in [0.5, 0.6) is 0 Å². The summed E-state index contributed by atoms with van der Waals surface area (Å²) in [5.74, 6) is 1.50. The van der Waals surface area contributed by atoms with Crippen molar-refractivity contribution in [2.45, 2.75) is 45.1 Å². The zero-order chi connectivity index (χ0) is 18.8. The van der Waals surface area contributed by atoms with Gasteiger partial charge in [0, 0.05) is 30.4 Å². The Morgan fingerprint density at radius 3 is 2.81 bits per heavy atom. The first kappa shape index (κ1) is 17.4. The van der Waals surface area contributed by atoms with Gasteiger partial charge in [-0.2, -0.15) is 5.26 Å². The van der Waals surface area contributed by atoms with Gasteiger partial charge in [-0.3, -0.25) is 4.40 Å². The fourth-order valence-corrected chi connectivity index (χ4v) is 3.67. The number of hydrogen-bond donors (Lipinski definition) is 1. The Balaban J connectivity index is 1.57. The van der Waals surface area contributed by atoms with Crippen LogP contribution in [0.1, 0.15) is 37.7 Å². The normalized spacial score (nSPS) is 19.7. The van der Waals surface area contributed by atoms with Crippen LogP contribution in [0.15, 0.2) is 30.7 Å². The van der Waals surface area contributed by atoms with Gasteiger partial charge in [-0.15, -0.1) is 0 Å². The Bertz CT molecular complexity index is 997. The maximum absolute atomic E-state index is 13.6. The molecule has 27 heavy (non-hydrogen) atoms. The first-order valence-corrected chi connectivity index (χ1v) is 9.24. The second-order valence-corrected chi connectivity index (χ2v) is 7.17. The Labute approximate surface area is 157 Å². The smallest absolute Gasteiger partial charge is 0.180 e. The van der Waals surface area contributed by atoms with E-state index in [9.17, 15) is 4.39 Å². The summed E-state index contributed by atoms with van der Waals surface area (Å²) in [6, 6.07) is 5.64. The van der Waals surface area contributed by atoms with E-state index >= 15 is 0 Å². The van der Waals surface area contributed by atoms with Crippen molar-refractivity contribution in [2.24, 2.45) is 5.92 Å². The second kappa shape index (κ2) is 7.31. The van der Waals surface area contributed by atoms with Crippen LogP contribution in [0.3, 0.4) is 0 Å². The molecule has 3 heterocycles. The van der Waals surface area contributed by atoms with Gasteiger partial charge in [0.15, 0.2) is 5.82 Å². The third-order valence-electron chi connectivity index (χ3n) is 5.24. The van der Waals surface area contributed by atoms with Gasteiger partial charge in [0.1, 0.15) is 23.0 Å². The van der Waals surface area contributed by atoms with Crippen molar-refractivity contribution < 1.29 is 4.39 Å². The predicted molar refractivity (Wildman–Crippen MR) is 101 cm³/mol. The summed E-state index contributed by atoms with van der Waals surface area (Å²) in [6.45, 7) is 1.97. The molecule has 0 bridgehead atoms. The van der Waals surface area contributed by atoms with Crippen LogP contribution in [0.4, 0.5) is 10.2 Å². The molecule has 3 aromatic heterocycles. The molecule has 7 heteroatoms. The van der Waals surface area contributed by atoms with Crippen LogP contribution in [0.25, 0.3) is 17.2 Å². The maximum atomic E-state index is 13.6. The van der Waals surface area contributed by atoms with E-state index in [-0.39, 0.29) is 5.82 Å². The van der Waals surface area contributed by atoms with E-state index in [2.05, 4.69) is 26.3 Å². The quantitative estimate of drug-likeness (QED) is 0.753. The van der Waals surface area contributed by atoms with Crippen molar-refractivity contribution in [2.75, 3.05) is 5.32 Å². The standard InChI is InChI=1S/C20H21FN6/c1-13-10-24-20(17-11-23-18-7-4-15(21)12-27(17)18)26-19(13)25-16-5-2-14(3-6-16)8-9-22/h4,7,10-12,14,16H,2-3,5-6,8H2,1H3,(H,24,25,26). The molecule has 0 atom stereocenters. The number of nitriles is 1. The average molecular weight is 364 g/mol. The van der Waals surface area contributed by atoms with E-state index in [0.29, 0.717) is 35.5 Å². The molecule has 0 spiro atoms. The highest BCUT2D eigenvalue weighted by molar-refractivity contribution is 5.59. The minimum absolute atomic E-state index is 0.332. The minimum Gasteiger partial charge on any atom is -0.367 e. The Morgan fingerprint density at radius 1 is 1.22 bits per heavy atom. The molecule has 0 saturated heterocycles. The monoisotopic (exact) mass is 364 g/mol. The number of imidazole rings is 1. The fourth-order valence-electron chi connectivity index (χ4n) is 3.67. The number of nitrogens with one attached hydrogen (secondary N) is 1. The van der Waals surface area contributed by atoms with Gasteiger partial charge in [-0.1, -0.05) is 0 Å². The van der Waals surface area contributed by atoms with Gasteiger partial charge in [0.25, 0.3) is 0 Å². The van der Waals surface area contributed by atoms with Crippen molar-refractivity contribution in [1.82, 2.24) is 19.4 Å². The molecule has 6 nitrogen and oxygen atoms in total. The summed E-state index contributed by atoms with van der Waals surface area (Å²) in [7, 11) is 0. The van der Waals surface area contributed by atoms with Crippen LogP contribution in [-0.4, -0.2) is 25.4 Å². The summed E-state index contributed by atoms with van der Waals surface area (Å²) in [5.41, 5.74) is 2.28. The number of hydrogen-bond acceptors (Lipinski definition) is 5. The van der Waals surface area contributed by atoms with E-state index in [0.717, 1.165) is 37.1 Å². The molecular formula is C20H21FN6. The van der Waals surface area contributed by atoms with Crippen molar-refractivity contribution in [3.05, 3.63) is 42.1 Å². The number of pyridine rings is 1. The SMILES string of the molecule is Cc1cnc(-c2cnc3ccc(F)cn23)nc1NC1CCC(CC#N)CC1. The molecule has 0 amide bonds. The lowest BCUT2D eigenvalue weighted by Crippen LogP contribution is -2.27. The van der Waals surface area contributed by atoms with E-state index in [1.807, 2.05) is 6.92 Å². The molecule has 1 aliphatic carbocycles. The van der Waals surface area contributed by atoms with Crippen molar-refractivity contribution in [1.29, 1.82) is 5.26 Å². The van der Waals surface area contributed by atoms with Crippen LogP contribution >= 0.6 is 0 Å². The lowest BCUT2D eigenvalue weighted by Gasteiger charge is -2.28. The average Bonchev–Trinajstić information content (AvgIpc) is 3.08. The van der Waals surface area contributed by atoms with Gasteiger partial charge >= 0.3 is 0 Å². The number of rotatable bonds is 4. The summed E-state index contributed by atoms with van der Waals surface area (Å²) in [5, 5.41) is 12.4. The zero-order valence-corrected chi connectivity index (χ0v) is 15.2. The molecule has 0 aromatic carbocycles. The van der Waals surface area contributed by atoms with Crippen molar-refractivity contribution in [3.63, 3.8) is 0 Å². The Morgan fingerprint density at radius 2 is 2.04 bits per heavy atom. The molecule has 0 aliphatic heterocycles. The Hall–Kier alpha value is -3.01. The molecule has 1 fully saturated rings. The number of nitrogens with zero attached hydrogens (tertiary/aromatic N) is 5. The molecular weight excluding hydrogens is 343 g/mol. The molecule has 3 aromatic rings. The molecule has 1 N–H and O–H groups in total. The van der Waals surface area contributed by atoms with Gasteiger partial charge in [0.05, 0.1) is 12.3 Å². The number of anilines is 1. The highest BCUT2D eigenvalue weighted by atomic mass is 19.1. The molecule has 1 saturated carbocycles. The molecule has 138 valence electrons. The predicted octanol–water partition coefficient (Wildman–Crippen LogP) is 4.12. The molecule has 0 radical (unpaired) electrons. The third kappa shape index (κ3) is 3.61. The second-order valence-electron chi connectivity index (χ2n) is 7.17. The highest BCUT2D eigenvalue weighted by Crippen LogP contribution is 2.29. The van der Waals surface area contributed by atoms with Gasteiger partial charge in [-0.25, -0.2) is 19.3 Å². The van der Waals surface area contributed by atoms with Crippen LogP contribution in [0.2, 0.25) is 0 Å². The van der Waals surface area contributed by atoms with Crippen LogP contribution in [-0.2, 0) is 0 Å². The van der Waals surface area contributed by atoms with E-state index in [1.165, 1.54) is 12.3 Å². The number of halogens is 1. The zero-order valence-electron chi connectivity index (χ0n) is 15.2. The minimum atomic E-state index is -0.332. The summed E-state index contributed by atoms with van der Waals surface area (Å²) < 4.78 is 15.3. The van der Waals surface area contributed by atoms with Gasteiger partial charge in [0.2, 0.25) is 0 Å². The third-order valence-corrected chi connectivity index (χ3v) is 5.24.